The Balaban J connectivity index is 5.02. The minimum absolute atomic E-state index is 0.198. The molecule has 0 heterocycles. The second-order valence-electron chi connectivity index (χ2n) is 6.47. The molecule has 1 unspecified atom stereocenters. The molecule has 19 heavy (non-hydrogen) atoms. The van der Waals surface area contributed by atoms with Crippen molar-refractivity contribution in [3.8, 4) is 0 Å². The number of nitrogens with one attached hydrogen (secondary N) is 1. The van der Waals surface area contributed by atoms with Crippen LogP contribution < -0.4 is 11.1 Å². The van der Waals surface area contributed by atoms with Crippen LogP contribution in [0.25, 0.3) is 0 Å². The molecule has 0 saturated carbocycles. The Morgan fingerprint density at radius 2 is 1.68 bits per heavy atom. The number of carbonyl (C=O) groups is 1. The minimum atomic E-state index is -0.547. The van der Waals surface area contributed by atoms with Gasteiger partial charge in [0.2, 0.25) is 5.91 Å². The van der Waals surface area contributed by atoms with E-state index in [-0.39, 0.29) is 11.3 Å². The van der Waals surface area contributed by atoms with Crippen LogP contribution in [0.15, 0.2) is 0 Å². The van der Waals surface area contributed by atoms with E-state index in [0.717, 1.165) is 38.6 Å². The maximum absolute atomic E-state index is 12.0. The third kappa shape index (κ3) is 4.79. The highest BCUT2D eigenvalue weighted by Crippen LogP contribution is 2.30. The summed E-state index contributed by atoms with van der Waals surface area (Å²) in [6, 6.07) is 0. The average Bonchev–Trinajstić information content (AvgIpc) is 2.34. The fraction of sp³-hybridized carbons (Fsp3) is 0.938. The van der Waals surface area contributed by atoms with Gasteiger partial charge >= 0.3 is 0 Å². The average molecular weight is 270 g/mol. The number of hydrogen-bond acceptors (Lipinski definition) is 2. The molecule has 0 aromatic carbocycles. The van der Waals surface area contributed by atoms with Crippen molar-refractivity contribution in [3.05, 3.63) is 0 Å². The second-order valence-corrected chi connectivity index (χ2v) is 6.47. The molecule has 0 aliphatic carbocycles. The molecule has 3 nitrogen and oxygen atoms in total. The van der Waals surface area contributed by atoms with Crippen LogP contribution in [-0.4, -0.2) is 18.0 Å². The molecule has 3 heteroatoms. The molecule has 0 aliphatic rings. The lowest BCUT2D eigenvalue weighted by atomic mass is 9.76. The zero-order chi connectivity index (χ0) is 15.1. The van der Waals surface area contributed by atoms with E-state index >= 15 is 0 Å². The van der Waals surface area contributed by atoms with Gasteiger partial charge < -0.3 is 11.1 Å². The lowest BCUT2D eigenvalue weighted by Crippen LogP contribution is -2.61. The first-order valence-electron chi connectivity index (χ1n) is 7.84. The zero-order valence-electron chi connectivity index (χ0n) is 13.8. The highest BCUT2D eigenvalue weighted by atomic mass is 16.1. The third-order valence-corrected chi connectivity index (χ3v) is 4.49. The number of hydrogen-bond donors (Lipinski definition) is 2. The summed E-state index contributed by atoms with van der Waals surface area (Å²) in [7, 11) is 0. The van der Waals surface area contributed by atoms with Crippen LogP contribution in [-0.2, 0) is 4.79 Å². The van der Waals surface area contributed by atoms with Gasteiger partial charge in [0.1, 0.15) is 5.54 Å². The monoisotopic (exact) mass is 270 g/mol. The molecule has 3 N–H and O–H groups in total. The summed E-state index contributed by atoms with van der Waals surface area (Å²) < 4.78 is 0. The maximum Gasteiger partial charge on any atom is 0.238 e. The molecule has 1 amide bonds. The highest BCUT2D eigenvalue weighted by molar-refractivity contribution is 5.85. The molecule has 0 spiro atoms. The van der Waals surface area contributed by atoms with Crippen LogP contribution in [0.5, 0.6) is 0 Å². The van der Waals surface area contributed by atoms with E-state index in [0.29, 0.717) is 5.92 Å². The molecule has 0 aliphatic heterocycles. The normalized spacial score (nSPS) is 15.5. The van der Waals surface area contributed by atoms with Crippen molar-refractivity contribution in [2.45, 2.75) is 79.2 Å². The SMILES string of the molecule is CCCC(C)(C)CNC(CC)(C(N)=O)C(CC)CC. The van der Waals surface area contributed by atoms with Crippen LogP contribution in [0.3, 0.4) is 0 Å². The second kappa shape index (κ2) is 7.88. The quantitative estimate of drug-likeness (QED) is 0.638. The molecule has 1 atom stereocenters. The van der Waals surface area contributed by atoms with Gasteiger partial charge in [0.25, 0.3) is 0 Å². The van der Waals surface area contributed by atoms with Crippen molar-refractivity contribution in [2.75, 3.05) is 6.54 Å². The summed E-state index contributed by atoms with van der Waals surface area (Å²) in [6.45, 7) is 13.9. The van der Waals surface area contributed by atoms with Gasteiger partial charge in [-0.2, -0.15) is 0 Å². The summed E-state index contributed by atoms with van der Waals surface area (Å²) in [5.41, 5.74) is 5.39. The first-order chi connectivity index (χ1) is 8.79. The van der Waals surface area contributed by atoms with Gasteiger partial charge in [-0.1, -0.05) is 60.8 Å². The molecular weight excluding hydrogens is 236 g/mol. The summed E-state index contributed by atoms with van der Waals surface area (Å²) in [5.74, 6) is 0.114. The van der Waals surface area contributed by atoms with E-state index in [4.69, 9.17) is 5.73 Å². The maximum atomic E-state index is 12.0. The molecule has 114 valence electrons. The van der Waals surface area contributed by atoms with Crippen molar-refractivity contribution in [3.63, 3.8) is 0 Å². The standard InChI is InChI=1S/C16H34N2O/c1-7-11-15(5,6)12-18-16(10-4,14(17)19)13(8-2)9-3/h13,18H,7-12H2,1-6H3,(H2,17,19). The van der Waals surface area contributed by atoms with Crippen molar-refractivity contribution in [1.82, 2.24) is 5.32 Å². The van der Waals surface area contributed by atoms with E-state index in [2.05, 4.69) is 46.9 Å². The van der Waals surface area contributed by atoms with Crippen LogP contribution >= 0.6 is 0 Å². The molecule has 0 bridgehead atoms. The fourth-order valence-electron chi connectivity index (χ4n) is 3.17. The van der Waals surface area contributed by atoms with Gasteiger partial charge in [-0.3, -0.25) is 4.79 Å². The predicted molar refractivity (Wildman–Crippen MR) is 83.0 cm³/mol. The van der Waals surface area contributed by atoms with Crippen LogP contribution in [0.4, 0.5) is 0 Å². The molecule has 0 rings (SSSR count). The summed E-state index contributed by atoms with van der Waals surface area (Å²) >= 11 is 0. The Kier molecular flexibility index (Phi) is 7.65. The Hall–Kier alpha value is -0.570. The van der Waals surface area contributed by atoms with E-state index < -0.39 is 5.54 Å². The van der Waals surface area contributed by atoms with Crippen LogP contribution in [0.2, 0.25) is 0 Å². The van der Waals surface area contributed by atoms with Gasteiger partial charge in [-0.05, 0) is 24.2 Å². The largest absolute Gasteiger partial charge is 0.368 e. The van der Waals surface area contributed by atoms with E-state index in [1.807, 2.05) is 0 Å². The smallest absolute Gasteiger partial charge is 0.238 e. The van der Waals surface area contributed by atoms with Gasteiger partial charge in [-0.15, -0.1) is 0 Å². The Labute approximate surface area is 119 Å². The van der Waals surface area contributed by atoms with Gasteiger partial charge in [0.05, 0.1) is 0 Å². The number of primary amides is 1. The van der Waals surface area contributed by atoms with Gasteiger partial charge in [0.15, 0.2) is 0 Å². The summed E-state index contributed by atoms with van der Waals surface area (Å²) in [5, 5.41) is 3.53. The highest BCUT2D eigenvalue weighted by Gasteiger charge is 2.41. The van der Waals surface area contributed by atoms with Crippen molar-refractivity contribution < 1.29 is 4.79 Å². The van der Waals surface area contributed by atoms with Crippen LogP contribution in [0, 0.1) is 11.3 Å². The predicted octanol–water partition coefficient (Wildman–Crippen LogP) is 3.47. The van der Waals surface area contributed by atoms with Crippen molar-refractivity contribution >= 4 is 5.91 Å². The lowest BCUT2D eigenvalue weighted by molar-refractivity contribution is -0.127. The zero-order valence-corrected chi connectivity index (χ0v) is 13.8. The number of rotatable bonds is 10. The Morgan fingerprint density at radius 3 is 2.00 bits per heavy atom. The molecular formula is C16H34N2O. The van der Waals surface area contributed by atoms with Gasteiger partial charge in [0, 0.05) is 6.54 Å². The number of amides is 1. The van der Waals surface area contributed by atoms with Gasteiger partial charge in [-0.25, -0.2) is 0 Å². The van der Waals surface area contributed by atoms with E-state index in [1.54, 1.807) is 0 Å². The number of carbonyl (C=O) groups excluding carboxylic acids is 1. The first kappa shape index (κ1) is 18.4. The lowest BCUT2D eigenvalue weighted by Gasteiger charge is -2.40. The molecule has 0 aromatic heterocycles. The van der Waals surface area contributed by atoms with Crippen molar-refractivity contribution in [2.24, 2.45) is 17.1 Å². The van der Waals surface area contributed by atoms with E-state index in [1.165, 1.54) is 0 Å². The van der Waals surface area contributed by atoms with E-state index in [9.17, 15) is 4.79 Å². The summed E-state index contributed by atoms with van der Waals surface area (Å²) in [4.78, 5) is 12.0. The first-order valence-corrected chi connectivity index (χ1v) is 7.84. The molecule has 0 radical (unpaired) electrons. The summed E-state index contributed by atoms with van der Waals surface area (Å²) in [6.07, 6.45) is 5.04. The fourth-order valence-corrected chi connectivity index (χ4v) is 3.17. The number of nitrogens with two attached hydrogens (primary N) is 1. The Bertz CT molecular complexity index is 272. The molecule has 0 fully saturated rings. The van der Waals surface area contributed by atoms with Crippen LogP contribution in [0.1, 0.15) is 73.6 Å². The van der Waals surface area contributed by atoms with Crippen molar-refractivity contribution in [1.29, 1.82) is 0 Å². The molecule has 0 saturated heterocycles. The third-order valence-electron chi connectivity index (χ3n) is 4.49. The topological polar surface area (TPSA) is 55.1 Å². The molecule has 0 aromatic rings. The Morgan fingerprint density at radius 1 is 1.16 bits per heavy atom. The minimum Gasteiger partial charge on any atom is -0.368 e.